The van der Waals surface area contributed by atoms with Crippen LogP contribution in [0.5, 0.6) is 0 Å². The van der Waals surface area contributed by atoms with Crippen LogP contribution in [0.15, 0.2) is 40.3 Å². The van der Waals surface area contributed by atoms with Crippen molar-refractivity contribution in [3.8, 4) is 0 Å². The predicted molar refractivity (Wildman–Crippen MR) is 77.5 cm³/mol. The standard InChI is InChI=1S/C12H15N5O4S/c1-12(19)10(9(7-14-17-13)15-11(18)16-12)22(20,21)8-5-3-2-4-6-8/h2-6,9-10,19H,7H2,1H3,(H2,15,16,18). The third kappa shape index (κ3) is 2.98. The van der Waals surface area contributed by atoms with E-state index >= 15 is 0 Å². The summed E-state index contributed by atoms with van der Waals surface area (Å²) in [5.74, 6) is 0. The van der Waals surface area contributed by atoms with Gasteiger partial charge in [-0.15, -0.1) is 0 Å². The van der Waals surface area contributed by atoms with Crippen LogP contribution in [0.4, 0.5) is 4.79 Å². The van der Waals surface area contributed by atoms with Crippen molar-refractivity contribution in [2.75, 3.05) is 6.54 Å². The number of aliphatic hydroxyl groups is 1. The van der Waals surface area contributed by atoms with E-state index in [9.17, 15) is 18.3 Å². The zero-order valence-electron chi connectivity index (χ0n) is 11.7. The summed E-state index contributed by atoms with van der Waals surface area (Å²) < 4.78 is 25.6. The summed E-state index contributed by atoms with van der Waals surface area (Å²) in [4.78, 5) is 14.1. The number of carbonyl (C=O) groups excluding carboxylic acids is 1. The van der Waals surface area contributed by atoms with Crippen molar-refractivity contribution >= 4 is 15.9 Å². The minimum absolute atomic E-state index is 0.00385. The van der Waals surface area contributed by atoms with Crippen LogP contribution < -0.4 is 10.6 Å². The van der Waals surface area contributed by atoms with E-state index in [0.29, 0.717) is 0 Å². The topological polar surface area (TPSA) is 144 Å². The molecule has 1 aliphatic heterocycles. The fourth-order valence-electron chi connectivity index (χ4n) is 2.51. The summed E-state index contributed by atoms with van der Waals surface area (Å²) in [5, 5.41) is 16.8. The maximum Gasteiger partial charge on any atom is 0.317 e. The molecule has 3 atom stereocenters. The van der Waals surface area contributed by atoms with Gasteiger partial charge in [0.2, 0.25) is 0 Å². The summed E-state index contributed by atoms with van der Waals surface area (Å²) in [6.45, 7) is 0.900. The monoisotopic (exact) mass is 325 g/mol. The summed E-state index contributed by atoms with van der Waals surface area (Å²) in [7, 11) is -3.98. The molecule has 1 heterocycles. The van der Waals surface area contributed by atoms with Gasteiger partial charge in [0.15, 0.2) is 15.6 Å². The Bertz CT molecular complexity index is 710. The molecule has 1 aromatic rings. The van der Waals surface area contributed by atoms with Gasteiger partial charge < -0.3 is 15.7 Å². The normalized spacial score (nSPS) is 28.2. The Labute approximate surface area is 126 Å². The smallest absolute Gasteiger partial charge is 0.317 e. The first-order valence-corrected chi connectivity index (χ1v) is 7.94. The van der Waals surface area contributed by atoms with Crippen LogP contribution in [0, 0.1) is 0 Å². The number of carbonyl (C=O) groups is 1. The van der Waals surface area contributed by atoms with E-state index in [1.54, 1.807) is 18.2 Å². The van der Waals surface area contributed by atoms with Crippen molar-refractivity contribution in [2.24, 2.45) is 5.11 Å². The summed E-state index contributed by atoms with van der Waals surface area (Å²) >= 11 is 0. The molecular weight excluding hydrogens is 310 g/mol. The highest BCUT2D eigenvalue weighted by molar-refractivity contribution is 7.92. The van der Waals surface area contributed by atoms with Crippen LogP contribution in [0.1, 0.15) is 6.92 Å². The van der Waals surface area contributed by atoms with Crippen molar-refractivity contribution in [1.29, 1.82) is 0 Å². The second kappa shape index (κ2) is 5.84. The van der Waals surface area contributed by atoms with E-state index in [4.69, 9.17) is 5.53 Å². The van der Waals surface area contributed by atoms with Crippen molar-refractivity contribution in [2.45, 2.75) is 28.8 Å². The van der Waals surface area contributed by atoms with Crippen LogP contribution in [-0.2, 0) is 9.84 Å². The number of amides is 2. The van der Waals surface area contributed by atoms with Crippen molar-refractivity contribution < 1.29 is 18.3 Å². The average molecular weight is 325 g/mol. The average Bonchev–Trinajstić information content (AvgIpc) is 2.43. The van der Waals surface area contributed by atoms with Gasteiger partial charge in [0.05, 0.1) is 10.9 Å². The molecule has 0 radical (unpaired) electrons. The summed E-state index contributed by atoms with van der Waals surface area (Å²) in [6, 6.07) is 5.78. The lowest BCUT2D eigenvalue weighted by Crippen LogP contribution is -2.72. The Morgan fingerprint density at radius 1 is 1.41 bits per heavy atom. The van der Waals surface area contributed by atoms with Gasteiger partial charge in [-0.05, 0) is 24.6 Å². The van der Waals surface area contributed by atoms with E-state index in [-0.39, 0.29) is 11.4 Å². The van der Waals surface area contributed by atoms with Crippen LogP contribution in [0.2, 0.25) is 0 Å². The Morgan fingerprint density at radius 3 is 2.64 bits per heavy atom. The predicted octanol–water partition coefficient (Wildman–Crippen LogP) is 0.529. The van der Waals surface area contributed by atoms with Gasteiger partial charge in [-0.25, -0.2) is 13.2 Å². The molecule has 1 fully saturated rings. The molecule has 3 N–H and O–H groups in total. The van der Waals surface area contributed by atoms with E-state index < -0.39 is 32.9 Å². The fraction of sp³-hybridized carbons (Fsp3) is 0.417. The second-order valence-electron chi connectivity index (χ2n) is 5.04. The molecule has 0 spiro atoms. The van der Waals surface area contributed by atoms with E-state index in [2.05, 4.69) is 20.7 Å². The molecule has 9 nitrogen and oxygen atoms in total. The molecule has 3 unspecified atom stereocenters. The number of benzene rings is 1. The maximum absolute atomic E-state index is 12.8. The number of hydrogen-bond donors (Lipinski definition) is 3. The first-order chi connectivity index (χ1) is 10.3. The second-order valence-corrected chi connectivity index (χ2v) is 7.11. The minimum atomic E-state index is -3.98. The van der Waals surface area contributed by atoms with Gasteiger partial charge in [0, 0.05) is 11.5 Å². The molecule has 2 amide bonds. The van der Waals surface area contributed by atoms with Gasteiger partial charge in [0.1, 0.15) is 5.25 Å². The SMILES string of the molecule is CC1(O)NC(=O)NC(CN=[N+]=[N-])C1S(=O)(=O)c1ccccc1. The molecule has 10 heteroatoms. The van der Waals surface area contributed by atoms with E-state index in [0.717, 1.165) is 0 Å². The number of rotatable bonds is 4. The zero-order valence-corrected chi connectivity index (χ0v) is 12.5. The van der Waals surface area contributed by atoms with Crippen molar-refractivity contribution in [3.05, 3.63) is 40.8 Å². The van der Waals surface area contributed by atoms with Gasteiger partial charge >= 0.3 is 6.03 Å². The molecule has 2 rings (SSSR count). The number of nitrogens with zero attached hydrogens (tertiary/aromatic N) is 3. The third-order valence-corrected chi connectivity index (χ3v) is 5.74. The highest BCUT2D eigenvalue weighted by atomic mass is 32.2. The van der Waals surface area contributed by atoms with E-state index in [1.807, 2.05) is 0 Å². The maximum atomic E-state index is 12.8. The highest BCUT2D eigenvalue weighted by Crippen LogP contribution is 2.28. The Kier molecular flexibility index (Phi) is 4.27. The number of sulfone groups is 1. The van der Waals surface area contributed by atoms with Crippen LogP contribution in [-0.4, -0.2) is 43.1 Å². The van der Waals surface area contributed by atoms with Crippen LogP contribution in [0.3, 0.4) is 0 Å². The molecule has 1 aliphatic rings. The molecule has 0 bridgehead atoms. The molecule has 0 aliphatic carbocycles. The first kappa shape index (κ1) is 16.1. The summed E-state index contributed by atoms with van der Waals surface area (Å²) in [5.41, 5.74) is 6.41. The van der Waals surface area contributed by atoms with Gasteiger partial charge in [-0.3, -0.25) is 0 Å². The highest BCUT2D eigenvalue weighted by Gasteiger charge is 2.51. The number of nitrogens with one attached hydrogen (secondary N) is 2. The first-order valence-electron chi connectivity index (χ1n) is 6.40. The minimum Gasteiger partial charge on any atom is -0.370 e. The Morgan fingerprint density at radius 2 is 2.05 bits per heavy atom. The summed E-state index contributed by atoms with van der Waals surface area (Å²) in [6.07, 6.45) is 0. The fourth-order valence-corrected chi connectivity index (χ4v) is 4.59. The largest absolute Gasteiger partial charge is 0.370 e. The molecular formula is C12H15N5O4S. The zero-order chi connectivity index (χ0) is 16.4. The molecule has 0 aromatic heterocycles. The van der Waals surface area contributed by atoms with Gasteiger partial charge in [0.25, 0.3) is 0 Å². The Hall–Kier alpha value is -2.29. The van der Waals surface area contributed by atoms with Gasteiger partial charge in [-0.2, -0.15) is 0 Å². The van der Waals surface area contributed by atoms with Crippen LogP contribution >= 0.6 is 0 Å². The van der Waals surface area contributed by atoms with Crippen molar-refractivity contribution in [3.63, 3.8) is 0 Å². The molecule has 1 aromatic carbocycles. The molecule has 22 heavy (non-hydrogen) atoms. The molecule has 1 saturated heterocycles. The lowest BCUT2D eigenvalue weighted by atomic mass is 10.0. The molecule has 118 valence electrons. The number of urea groups is 1. The van der Waals surface area contributed by atoms with E-state index in [1.165, 1.54) is 19.1 Å². The number of hydrogen-bond acceptors (Lipinski definition) is 5. The quantitative estimate of drug-likeness (QED) is 0.421. The van der Waals surface area contributed by atoms with Gasteiger partial charge in [-0.1, -0.05) is 23.3 Å². The molecule has 0 saturated carbocycles. The number of azide groups is 1. The van der Waals surface area contributed by atoms with Crippen molar-refractivity contribution in [1.82, 2.24) is 10.6 Å². The van der Waals surface area contributed by atoms with Crippen LogP contribution in [0.25, 0.3) is 10.4 Å². The lowest BCUT2D eigenvalue weighted by Gasteiger charge is -2.42. The lowest BCUT2D eigenvalue weighted by molar-refractivity contribution is 0.0103. The Balaban J connectivity index is 2.50. The third-order valence-electron chi connectivity index (χ3n) is 3.35.